The summed E-state index contributed by atoms with van der Waals surface area (Å²) >= 11 is 1.41. The van der Waals surface area contributed by atoms with Crippen molar-refractivity contribution in [3.63, 3.8) is 0 Å². The first-order chi connectivity index (χ1) is 13.2. The van der Waals surface area contributed by atoms with Gasteiger partial charge in [0.05, 0.1) is 30.2 Å². The largest absolute Gasteiger partial charge is 0.376 e. The summed E-state index contributed by atoms with van der Waals surface area (Å²) in [6, 6.07) is 9.32. The Bertz CT molecular complexity index is 915. The van der Waals surface area contributed by atoms with Crippen molar-refractivity contribution in [3.8, 4) is 11.4 Å². The first kappa shape index (κ1) is 17.9. The Morgan fingerprint density at radius 3 is 2.85 bits per heavy atom. The van der Waals surface area contributed by atoms with E-state index in [1.165, 1.54) is 11.8 Å². The van der Waals surface area contributed by atoms with E-state index >= 15 is 0 Å². The minimum atomic E-state index is 0.0789. The first-order valence-corrected chi connectivity index (χ1v) is 9.94. The van der Waals surface area contributed by atoms with Gasteiger partial charge in [-0.2, -0.15) is 5.10 Å². The molecule has 0 unspecified atom stereocenters. The molecule has 0 aliphatic carbocycles. The number of aromatic nitrogens is 5. The Kier molecular flexibility index (Phi) is 5.35. The number of hydrogen-bond acceptors (Lipinski definition) is 6. The lowest BCUT2D eigenvalue weighted by Gasteiger charge is -2.14. The number of nitrogens with zero attached hydrogens (tertiary/aromatic N) is 5. The third kappa shape index (κ3) is 4.12. The van der Waals surface area contributed by atoms with Gasteiger partial charge < -0.3 is 4.74 Å². The summed E-state index contributed by atoms with van der Waals surface area (Å²) in [6.45, 7) is 1.48. The lowest BCUT2D eigenvalue weighted by molar-refractivity contribution is 0.0953. The molecule has 8 heteroatoms. The summed E-state index contributed by atoms with van der Waals surface area (Å²) in [5.41, 5.74) is 1.62. The molecule has 0 spiro atoms. The molecule has 3 aromatic rings. The van der Waals surface area contributed by atoms with Crippen LogP contribution in [0.25, 0.3) is 11.4 Å². The van der Waals surface area contributed by atoms with Crippen molar-refractivity contribution in [1.29, 1.82) is 0 Å². The Balaban J connectivity index is 1.55. The molecule has 1 fully saturated rings. The van der Waals surface area contributed by atoms with Gasteiger partial charge in [-0.3, -0.25) is 14.0 Å². The summed E-state index contributed by atoms with van der Waals surface area (Å²) < 4.78 is 9.59. The van der Waals surface area contributed by atoms with Gasteiger partial charge in [0.1, 0.15) is 0 Å². The highest BCUT2D eigenvalue weighted by atomic mass is 32.2. The molecular formula is C19H21N5O2S. The van der Waals surface area contributed by atoms with Gasteiger partial charge in [0, 0.05) is 25.4 Å². The molecule has 1 aliphatic heterocycles. The van der Waals surface area contributed by atoms with E-state index in [2.05, 4.69) is 19.9 Å². The number of carbonyl (C=O) groups excluding carboxylic acids is 1. The number of thioether (sulfide) groups is 1. The Morgan fingerprint density at radius 2 is 2.15 bits per heavy atom. The molecule has 140 valence electrons. The zero-order valence-electron chi connectivity index (χ0n) is 15.1. The first-order valence-electron chi connectivity index (χ1n) is 8.95. The van der Waals surface area contributed by atoms with Crippen molar-refractivity contribution >= 4 is 17.5 Å². The van der Waals surface area contributed by atoms with Crippen LogP contribution in [0.15, 0.2) is 47.9 Å². The van der Waals surface area contributed by atoms with Crippen molar-refractivity contribution in [2.24, 2.45) is 7.05 Å². The SMILES string of the molecule is Cn1cc(-c2nnc(SCC(=O)c3ccccc3)n2C[C@@H]2CCCO2)cn1. The summed E-state index contributed by atoms with van der Waals surface area (Å²) in [4.78, 5) is 12.4. The third-order valence-electron chi connectivity index (χ3n) is 4.52. The normalized spacial score (nSPS) is 16.7. The quantitative estimate of drug-likeness (QED) is 0.461. The second-order valence-electron chi connectivity index (χ2n) is 6.53. The van der Waals surface area contributed by atoms with E-state index in [4.69, 9.17) is 4.74 Å². The fourth-order valence-electron chi connectivity index (χ4n) is 3.14. The van der Waals surface area contributed by atoms with Gasteiger partial charge in [0.25, 0.3) is 0 Å². The molecule has 3 heterocycles. The van der Waals surface area contributed by atoms with Crippen molar-refractivity contribution in [3.05, 3.63) is 48.3 Å². The highest BCUT2D eigenvalue weighted by molar-refractivity contribution is 7.99. The summed E-state index contributed by atoms with van der Waals surface area (Å²) in [7, 11) is 1.87. The summed E-state index contributed by atoms with van der Waals surface area (Å²) in [5, 5.41) is 13.7. The van der Waals surface area contributed by atoms with Crippen LogP contribution in [0.5, 0.6) is 0 Å². The van der Waals surface area contributed by atoms with Gasteiger partial charge in [-0.25, -0.2) is 0 Å². The van der Waals surface area contributed by atoms with Gasteiger partial charge in [0.15, 0.2) is 16.8 Å². The van der Waals surface area contributed by atoms with Crippen molar-refractivity contribution < 1.29 is 9.53 Å². The van der Waals surface area contributed by atoms with Gasteiger partial charge in [0.2, 0.25) is 0 Å². The van der Waals surface area contributed by atoms with E-state index in [-0.39, 0.29) is 11.9 Å². The van der Waals surface area contributed by atoms with E-state index in [0.29, 0.717) is 17.9 Å². The van der Waals surface area contributed by atoms with Crippen molar-refractivity contribution in [2.75, 3.05) is 12.4 Å². The van der Waals surface area contributed by atoms with E-state index in [9.17, 15) is 4.79 Å². The van der Waals surface area contributed by atoms with Crippen LogP contribution in [0, 0.1) is 0 Å². The number of aryl methyl sites for hydroxylation is 1. The van der Waals surface area contributed by atoms with E-state index in [1.807, 2.05) is 43.6 Å². The number of carbonyl (C=O) groups is 1. The molecular weight excluding hydrogens is 362 g/mol. The number of Topliss-reactive ketones (excluding diaryl/α,β-unsaturated/α-hetero) is 1. The molecule has 27 heavy (non-hydrogen) atoms. The predicted molar refractivity (Wildman–Crippen MR) is 103 cm³/mol. The van der Waals surface area contributed by atoms with Crippen LogP contribution < -0.4 is 0 Å². The minimum Gasteiger partial charge on any atom is -0.376 e. The van der Waals surface area contributed by atoms with Crippen molar-refractivity contribution in [1.82, 2.24) is 24.5 Å². The topological polar surface area (TPSA) is 74.8 Å². The lowest BCUT2D eigenvalue weighted by Crippen LogP contribution is -2.17. The Morgan fingerprint density at radius 1 is 1.30 bits per heavy atom. The van der Waals surface area contributed by atoms with Gasteiger partial charge in [-0.1, -0.05) is 42.1 Å². The number of hydrogen-bond donors (Lipinski definition) is 0. The molecule has 1 saturated heterocycles. The molecule has 1 aromatic carbocycles. The maximum absolute atomic E-state index is 12.4. The van der Waals surface area contributed by atoms with Gasteiger partial charge in [-0.15, -0.1) is 10.2 Å². The zero-order chi connectivity index (χ0) is 18.6. The maximum Gasteiger partial charge on any atom is 0.192 e. The second-order valence-corrected chi connectivity index (χ2v) is 7.47. The fraction of sp³-hybridized carbons (Fsp3) is 0.368. The molecule has 0 radical (unpaired) electrons. The molecule has 0 saturated carbocycles. The Labute approximate surface area is 161 Å². The molecule has 1 atom stereocenters. The molecule has 0 N–H and O–H groups in total. The fourth-order valence-corrected chi connectivity index (χ4v) is 3.98. The van der Waals surface area contributed by atoms with Crippen LogP contribution in [0.4, 0.5) is 0 Å². The molecule has 4 rings (SSSR count). The molecule has 2 aromatic heterocycles. The van der Waals surface area contributed by atoms with Gasteiger partial charge >= 0.3 is 0 Å². The van der Waals surface area contributed by atoms with Crippen LogP contribution in [-0.4, -0.2) is 48.8 Å². The van der Waals surface area contributed by atoms with Crippen molar-refractivity contribution in [2.45, 2.75) is 30.6 Å². The molecule has 1 aliphatic rings. The van der Waals surface area contributed by atoms with Crippen LogP contribution in [0.1, 0.15) is 23.2 Å². The highest BCUT2D eigenvalue weighted by Crippen LogP contribution is 2.26. The lowest BCUT2D eigenvalue weighted by atomic mass is 10.2. The minimum absolute atomic E-state index is 0.0789. The van der Waals surface area contributed by atoms with Crippen LogP contribution in [-0.2, 0) is 18.3 Å². The Hall–Kier alpha value is -2.45. The number of rotatable bonds is 7. The maximum atomic E-state index is 12.4. The molecule has 0 bridgehead atoms. The average molecular weight is 383 g/mol. The standard InChI is InChI=1S/C19H21N5O2S/c1-23-11-15(10-20-23)18-21-22-19(24(18)12-16-8-5-9-26-16)27-13-17(25)14-6-3-2-4-7-14/h2-4,6-7,10-11,16H,5,8-9,12-13H2,1H3/t16-/m0/s1. The second kappa shape index (κ2) is 8.06. The monoisotopic (exact) mass is 383 g/mol. The smallest absolute Gasteiger partial charge is 0.192 e. The van der Waals surface area contributed by atoms with Crippen LogP contribution in [0.2, 0.25) is 0 Å². The molecule has 0 amide bonds. The highest BCUT2D eigenvalue weighted by Gasteiger charge is 2.22. The summed E-state index contributed by atoms with van der Waals surface area (Å²) in [5.74, 6) is 1.16. The third-order valence-corrected chi connectivity index (χ3v) is 5.49. The number of ketones is 1. The number of benzene rings is 1. The zero-order valence-corrected chi connectivity index (χ0v) is 15.9. The molecule has 7 nitrogen and oxygen atoms in total. The van der Waals surface area contributed by atoms with Crippen LogP contribution >= 0.6 is 11.8 Å². The number of ether oxygens (including phenoxy) is 1. The predicted octanol–water partition coefficient (Wildman–Crippen LogP) is 2.83. The average Bonchev–Trinajstić information content (AvgIpc) is 3.43. The van der Waals surface area contributed by atoms with E-state index in [1.54, 1.807) is 10.9 Å². The van der Waals surface area contributed by atoms with E-state index < -0.39 is 0 Å². The van der Waals surface area contributed by atoms with E-state index in [0.717, 1.165) is 36.0 Å². The van der Waals surface area contributed by atoms with Crippen LogP contribution in [0.3, 0.4) is 0 Å². The summed E-state index contributed by atoms with van der Waals surface area (Å²) in [6.07, 6.45) is 5.95. The van der Waals surface area contributed by atoms with Gasteiger partial charge in [-0.05, 0) is 12.8 Å².